The van der Waals surface area contributed by atoms with Crippen LogP contribution in [0.15, 0.2) is 24.3 Å². The average molecular weight is 269 g/mol. The lowest BCUT2D eigenvalue weighted by atomic mass is 10.1. The van der Waals surface area contributed by atoms with Gasteiger partial charge in [0, 0.05) is 33.2 Å². The fourth-order valence-corrected chi connectivity index (χ4v) is 1.78. The van der Waals surface area contributed by atoms with Crippen LogP contribution in [0.25, 0.3) is 0 Å². The van der Waals surface area contributed by atoms with Crippen LogP contribution in [0.3, 0.4) is 0 Å². The first kappa shape index (κ1) is 15.8. The molecule has 0 radical (unpaired) electrons. The molecule has 0 bridgehead atoms. The average Bonchev–Trinajstić information content (AvgIpc) is 2.42. The summed E-state index contributed by atoms with van der Waals surface area (Å²) in [6, 6.07) is 5.97. The molecule has 1 rings (SSSR count). The Morgan fingerprint density at radius 2 is 2.05 bits per heavy atom. The van der Waals surface area contributed by atoms with E-state index in [2.05, 4.69) is 0 Å². The van der Waals surface area contributed by atoms with Gasteiger partial charge >= 0.3 is 0 Å². The van der Waals surface area contributed by atoms with Crippen LogP contribution < -0.4 is 0 Å². The Kier molecular flexibility index (Phi) is 7.25. The third-order valence-corrected chi connectivity index (χ3v) is 2.86. The molecule has 0 fully saturated rings. The predicted octanol–water partition coefficient (Wildman–Crippen LogP) is 1.34. The van der Waals surface area contributed by atoms with E-state index in [4.69, 9.17) is 9.84 Å². The van der Waals surface area contributed by atoms with Gasteiger partial charge in [0.2, 0.25) is 0 Å². The summed E-state index contributed by atoms with van der Waals surface area (Å²) in [5, 5.41) is 8.93. The highest BCUT2D eigenvalue weighted by atomic mass is 19.1. The summed E-state index contributed by atoms with van der Waals surface area (Å²) >= 11 is 0. The van der Waals surface area contributed by atoms with Gasteiger partial charge < -0.3 is 9.84 Å². The van der Waals surface area contributed by atoms with Gasteiger partial charge in [-0.2, -0.15) is 0 Å². The van der Waals surface area contributed by atoms with E-state index in [0.717, 1.165) is 0 Å². The molecule has 106 valence electrons. The molecular formula is C14H20FNO3. The number of halogens is 1. The predicted molar refractivity (Wildman–Crippen MR) is 70.7 cm³/mol. The van der Waals surface area contributed by atoms with Crippen molar-refractivity contribution in [2.24, 2.45) is 0 Å². The van der Waals surface area contributed by atoms with Crippen molar-refractivity contribution < 1.29 is 19.0 Å². The zero-order valence-corrected chi connectivity index (χ0v) is 11.1. The Morgan fingerprint density at radius 1 is 1.32 bits per heavy atom. The lowest BCUT2D eigenvalue weighted by Gasteiger charge is -2.20. The minimum atomic E-state index is -0.488. The molecule has 0 aliphatic carbocycles. The van der Waals surface area contributed by atoms with Crippen LogP contribution in [-0.4, -0.2) is 55.7 Å². The van der Waals surface area contributed by atoms with Gasteiger partial charge in [0.1, 0.15) is 5.82 Å². The number of rotatable bonds is 9. The molecule has 1 aromatic rings. The molecule has 0 saturated carbocycles. The molecule has 0 amide bonds. The smallest absolute Gasteiger partial charge is 0.167 e. The summed E-state index contributed by atoms with van der Waals surface area (Å²) in [4.78, 5) is 13.8. The van der Waals surface area contributed by atoms with Gasteiger partial charge in [-0.3, -0.25) is 9.69 Å². The van der Waals surface area contributed by atoms with Crippen molar-refractivity contribution >= 4 is 5.78 Å². The van der Waals surface area contributed by atoms with E-state index in [-0.39, 0.29) is 24.4 Å². The van der Waals surface area contributed by atoms with Crippen LogP contribution in [0, 0.1) is 5.82 Å². The van der Waals surface area contributed by atoms with Crippen molar-refractivity contribution in [1.29, 1.82) is 0 Å². The van der Waals surface area contributed by atoms with Crippen molar-refractivity contribution in [2.75, 3.05) is 40.0 Å². The number of hydrogen-bond donors (Lipinski definition) is 1. The summed E-state index contributed by atoms with van der Waals surface area (Å²) in [6.45, 7) is 2.16. The van der Waals surface area contributed by atoms with Gasteiger partial charge in [-0.15, -0.1) is 0 Å². The monoisotopic (exact) mass is 269 g/mol. The maximum absolute atomic E-state index is 13.4. The lowest BCUT2D eigenvalue weighted by Crippen LogP contribution is -2.32. The molecular weight excluding hydrogens is 249 g/mol. The number of methoxy groups -OCH3 is 1. The van der Waals surface area contributed by atoms with Crippen LogP contribution in [0.1, 0.15) is 16.8 Å². The third-order valence-electron chi connectivity index (χ3n) is 2.86. The Balaban J connectivity index is 2.49. The van der Waals surface area contributed by atoms with Crippen molar-refractivity contribution in [3.63, 3.8) is 0 Å². The second-order valence-electron chi connectivity index (χ2n) is 4.21. The number of benzene rings is 1. The summed E-state index contributed by atoms with van der Waals surface area (Å²) in [5.41, 5.74) is 0.123. The van der Waals surface area contributed by atoms with Gasteiger partial charge in [0.15, 0.2) is 5.78 Å². The molecule has 0 aliphatic heterocycles. The minimum absolute atomic E-state index is 0.0254. The number of ether oxygens (including phenoxy) is 1. The van der Waals surface area contributed by atoms with E-state index in [1.165, 1.54) is 12.1 Å². The number of carbonyl (C=O) groups is 1. The molecule has 0 aromatic heterocycles. The van der Waals surface area contributed by atoms with Crippen LogP contribution >= 0.6 is 0 Å². The van der Waals surface area contributed by atoms with Gasteiger partial charge in [-0.25, -0.2) is 4.39 Å². The molecule has 0 aliphatic rings. The topological polar surface area (TPSA) is 49.8 Å². The summed E-state index contributed by atoms with van der Waals surface area (Å²) in [7, 11) is 1.60. The van der Waals surface area contributed by atoms with E-state index >= 15 is 0 Å². The van der Waals surface area contributed by atoms with E-state index in [0.29, 0.717) is 26.2 Å². The molecule has 4 nitrogen and oxygen atoms in total. The van der Waals surface area contributed by atoms with Gasteiger partial charge in [-0.05, 0) is 12.1 Å². The number of hydrogen-bond acceptors (Lipinski definition) is 4. The zero-order valence-electron chi connectivity index (χ0n) is 11.1. The lowest BCUT2D eigenvalue weighted by molar-refractivity contribution is 0.0929. The Bertz CT molecular complexity index is 398. The highest BCUT2D eigenvalue weighted by Crippen LogP contribution is 2.09. The summed E-state index contributed by atoms with van der Waals surface area (Å²) in [6.07, 6.45) is 0.227. The fraction of sp³-hybridized carbons (Fsp3) is 0.500. The number of Topliss-reactive ketones (excluding diaryl/α,β-unsaturated/α-hetero) is 1. The second kappa shape index (κ2) is 8.74. The normalized spacial score (nSPS) is 10.9. The number of carbonyl (C=O) groups excluding carboxylic acids is 1. The van der Waals surface area contributed by atoms with E-state index in [1.807, 2.05) is 4.90 Å². The molecule has 19 heavy (non-hydrogen) atoms. The Labute approximate surface area is 112 Å². The van der Waals surface area contributed by atoms with E-state index in [1.54, 1.807) is 19.2 Å². The standard InChI is InChI=1S/C14H20FNO3/c1-19-11-9-16(8-10-17)7-6-14(18)12-4-2-3-5-13(12)15/h2-5,17H,6-11H2,1H3. The molecule has 0 saturated heterocycles. The summed E-state index contributed by atoms with van der Waals surface area (Å²) in [5.74, 6) is -0.712. The zero-order chi connectivity index (χ0) is 14.1. The SMILES string of the molecule is COCCN(CCO)CCC(=O)c1ccccc1F. The van der Waals surface area contributed by atoms with Crippen molar-refractivity contribution in [3.8, 4) is 0 Å². The first-order valence-electron chi connectivity index (χ1n) is 6.29. The molecule has 0 spiro atoms. The molecule has 5 heteroatoms. The third kappa shape index (κ3) is 5.46. The van der Waals surface area contributed by atoms with Crippen molar-refractivity contribution in [1.82, 2.24) is 4.90 Å². The number of ketones is 1. The quantitative estimate of drug-likeness (QED) is 0.687. The largest absolute Gasteiger partial charge is 0.395 e. The van der Waals surface area contributed by atoms with Crippen LogP contribution in [-0.2, 0) is 4.74 Å². The number of aliphatic hydroxyl groups excluding tert-OH is 1. The molecule has 0 atom stereocenters. The van der Waals surface area contributed by atoms with Crippen molar-refractivity contribution in [2.45, 2.75) is 6.42 Å². The first-order chi connectivity index (χ1) is 9.19. The minimum Gasteiger partial charge on any atom is -0.395 e. The molecule has 1 aromatic carbocycles. The van der Waals surface area contributed by atoms with Crippen LogP contribution in [0.2, 0.25) is 0 Å². The van der Waals surface area contributed by atoms with Crippen molar-refractivity contribution in [3.05, 3.63) is 35.6 Å². The molecule has 0 heterocycles. The maximum atomic E-state index is 13.4. The van der Waals surface area contributed by atoms with Crippen LogP contribution in [0.4, 0.5) is 4.39 Å². The maximum Gasteiger partial charge on any atom is 0.167 e. The van der Waals surface area contributed by atoms with Crippen LogP contribution in [0.5, 0.6) is 0 Å². The number of aliphatic hydroxyl groups is 1. The first-order valence-corrected chi connectivity index (χ1v) is 6.29. The number of nitrogens with zero attached hydrogens (tertiary/aromatic N) is 1. The van der Waals surface area contributed by atoms with Gasteiger partial charge in [0.05, 0.1) is 18.8 Å². The van der Waals surface area contributed by atoms with E-state index in [9.17, 15) is 9.18 Å². The summed E-state index contributed by atoms with van der Waals surface area (Å²) < 4.78 is 18.4. The van der Waals surface area contributed by atoms with E-state index < -0.39 is 5.82 Å². The fourth-order valence-electron chi connectivity index (χ4n) is 1.78. The second-order valence-corrected chi connectivity index (χ2v) is 4.21. The highest BCUT2D eigenvalue weighted by molar-refractivity contribution is 5.96. The molecule has 1 N–H and O–H groups in total. The van der Waals surface area contributed by atoms with Gasteiger partial charge in [0.25, 0.3) is 0 Å². The Morgan fingerprint density at radius 3 is 2.68 bits per heavy atom. The molecule has 0 unspecified atom stereocenters. The highest BCUT2D eigenvalue weighted by Gasteiger charge is 2.12. The Hall–Kier alpha value is -1.30. The van der Waals surface area contributed by atoms with Gasteiger partial charge in [-0.1, -0.05) is 12.1 Å².